The van der Waals surface area contributed by atoms with E-state index in [9.17, 15) is 4.79 Å². The molecule has 0 aliphatic heterocycles. The van der Waals surface area contributed by atoms with Gasteiger partial charge < -0.3 is 11.1 Å². The van der Waals surface area contributed by atoms with E-state index in [0.29, 0.717) is 13.1 Å². The Morgan fingerprint density at radius 3 is 2.39 bits per heavy atom. The number of hydrogen-bond donors (Lipinski definition) is 2. The molecule has 3 nitrogen and oxygen atoms in total. The van der Waals surface area contributed by atoms with Gasteiger partial charge in [-0.15, -0.1) is 0 Å². The Morgan fingerprint density at radius 2 is 1.89 bits per heavy atom. The Hall–Kier alpha value is -1.35. The van der Waals surface area contributed by atoms with Gasteiger partial charge in [-0.25, -0.2) is 0 Å². The van der Waals surface area contributed by atoms with Gasteiger partial charge in [-0.05, 0) is 17.4 Å². The summed E-state index contributed by atoms with van der Waals surface area (Å²) in [6.45, 7) is 7.53. The molecule has 1 atom stereocenters. The lowest BCUT2D eigenvalue weighted by Crippen LogP contribution is -2.35. The number of benzene rings is 1. The second-order valence-electron chi connectivity index (χ2n) is 5.80. The summed E-state index contributed by atoms with van der Waals surface area (Å²) in [4.78, 5) is 12.1. The van der Waals surface area contributed by atoms with Crippen molar-refractivity contribution in [2.45, 2.75) is 33.1 Å². The quantitative estimate of drug-likeness (QED) is 0.840. The second-order valence-corrected chi connectivity index (χ2v) is 5.80. The Balaban J connectivity index is 2.54. The van der Waals surface area contributed by atoms with Crippen LogP contribution in [0.25, 0.3) is 0 Å². The van der Waals surface area contributed by atoms with Crippen LogP contribution in [0, 0.1) is 5.41 Å². The van der Waals surface area contributed by atoms with Gasteiger partial charge in [0.1, 0.15) is 0 Å². The molecule has 1 aromatic rings. The third kappa shape index (κ3) is 4.88. The molecule has 1 aromatic carbocycles. The van der Waals surface area contributed by atoms with Gasteiger partial charge >= 0.3 is 0 Å². The first kappa shape index (κ1) is 14.7. The number of amides is 1. The molecule has 1 unspecified atom stereocenters. The fraction of sp³-hybridized carbons (Fsp3) is 0.533. The molecule has 0 aromatic heterocycles. The van der Waals surface area contributed by atoms with Crippen LogP contribution in [0.1, 0.15) is 38.7 Å². The molecular weight excluding hydrogens is 224 g/mol. The van der Waals surface area contributed by atoms with E-state index in [-0.39, 0.29) is 17.2 Å². The molecule has 0 aliphatic rings. The van der Waals surface area contributed by atoms with Crippen molar-refractivity contribution >= 4 is 5.91 Å². The molecule has 0 fully saturated rings. The maximum atomic E-state index is 12.1. The number of hydrogen-bond acceptors (Lipinski definition) is 2. The number of nitrogens with two attached hydrogens (primary N) is 1. The molecule has 0 heterocycles. The van der Waals surface area contributed by atoms with E-state index in [1.807, 2.05) is 30.3 Å². The Bertz CT molecular complexity index is 368. The Kier molecular flexibility index (Phi) is 5.35. The zero-order valence-electron chi connectivity index (χ0n) is 11.6. The van der Waals surface area contributed by atoms with Crippen molar-refractivity contribution in [2.75, 3.05) is 13.1 Å². The lowest BCUT2D eigenvalue weighted by molar-refractivity contribution is -0.122. The predicted molar refractivity (Wildman–Crippen MR) is 75.3 cm³/mol. The molecule has 0 radical (unpaired) electrons. The van der Waals surface area contributed by atoms with Crippen molar-refractivity contribution in [3.63, 3.8) is 0 Å². The smallest absolute Gasteiger partial charge is 0.228 e. The number of carbonyl (C=O) groups is 1. The highest BCUT2D eigenvalue weighted by Crippen LogP contribution is 2.18. The first-order valence-corrected chi connectivity index (χ1v) is 6.47. The van der Waals surface area contributed by atoms with Gasteiger partial charge in [-0.1, -0.05) is 51.1 Å². The summed E-state index contributed by atoms with van der Waals surface area (Å²) in [5.41, 5.74) is 6.92. The summed E-state index contributed by atoms with van der Waals surface area (Å²) in [5.74, 6) is -0.223. The average Bonchev–Trinajstić information content (AvgIpc) is 2.29. The van der Waals surface area contributed by atoms with Crippen LogP contribution in [0.4, 0.5) is 0 Å². The van der Waals surface area contributed by atoms with Crippen molar-refractivity contribution in [3.05, 3.63) is 35.9 Å². The minimum atomic E-state index is -0.244. The fourth-order valence-electron chi connectivity index (χ4n) is 1.76. The monoisotopic (exact) mass is 248 g/mol. The van der Waals surface area contributed by atoms with Crippen LogP contribution in [-0.4, -0.2) is 19.0 Å². The number of carbonyl (C=O) groups excluding carboxylic acids is 1. The molecule has 0 aliphatic carbocycles. The van der Waals surface area contributed by atoms with E-state index in [1.54, 1.807) is 0 Å². The molecule has 3 N–H and O–H groups in total. The maximum absolute atomic E-state index is 12.1. The van der Waals surface area contributed by atoms with E-state index >= 15 is 0 Å². The zero-order valence-corrected chi connectivity index (χ0v) is 11.6. The van der Waals surface area contributed by atoms with Crippen molar-refractivity contribution in [1.82, 2.24) is 5.32 Å². The van der Waals surface area contributed by atoms with Crippen LogP contribution in [0.2, 0.25) is 0 Å². The third-order valence-electron chi connectivity index (χ3n) is 2.93. The van der Waals surface area contributed by atoms with Crippen molar-refractivity contribution in [3.8, 4) is 0 Å². The highest BCUT2D eigenvalue weighted by Gasteiger charge is 2.19. The standard InChI is InChI=1S/C15H24N2O/c1-15(2,3)9-10-17-14(18)13(11-16)12-7-5-4-6-8-12/h4-8,13H,9-11,16H2,1-3H3,(H,17,18). The normalized spacial score (nSPS) is 13.1. The molecule has 3 heteroatoms. The molecule has 0 bridgehead atoms. The first-order chi connectivity index (χ1) is 8.44. The van der Waals surface area contributed by atoms with E-state index in [4.69, 9.17) is 5.73 Å². The second kappa shape index (κ2) is 6.55. The molecule has 100 valence electrons. The van der Waals surface area contributed by atoms with Crippen molar-refractivity contribution in [1.29, 1.82) is 0 Å². The summed E-state index contributed by atoms with van der Waals surface area (Å²) in [5, 5.41) is 2.97. The molecule has 1 rings (SSSR count). The third-order valence-corrected chi connectivity index (χ3v) is 2.93. The van der Waals surface area contributed by atoms with Gasteiger partial charge in [0, 0.05) is 13.1 Å². The SMILES string of the molecule is CC(C)(C)CCNC(=O)C(CN)c1ccccc1. The van der Waals surface area contributed by atoms with E-state index in [0.717, 1.165) is 12.0 Å². The molecule has 0 spiro atoms. The maximum Gasteiger partial charge on any atom is 0.228 e. The molecule has 18 heavy (non-hydrogen) atoms. The van der Waals surface area contributed by atoms with Crippen molar-refractivity contribution in [2.24, 2.45) is 11.1 Å². The van der Waals surface area contributed by atoms with Gasteiger partial charge in [0.05, 0.1) is 5.92 Å². The first-order valence-electron chi connectivity index (χ1n) is 6.47. The average molecular weight is 248 g/mol. The topological polar surface area (TPSA) is 55.1 Å². The lowest BCUT2D eigenvalue weighted by Gasteiger charge is -2.20. The van der Waals surface area contributed by atoms with Gasteiger partial charge in [-0.3, -0.25) is 4.79 Å². The molecule has 0 saturated heterocycles. The molecule has 1 amide bonds. The number of nitrogens with one attached hydrogen (secondary N) is 1. The summed E-state index contributed by atoms with van der Waals surface area (Å²) < 4.78 is 0. The van der Waals surface area contributed by atoms with Crippen LogP contribution < -0.4 is 11.1 Å². The Morgan fingerprint density at radius 1 is 1.28 bits per heavy atom. The van der Waals surface area contributed by atoms with Crippen LogP contribution in [0.15, 0.2) is 30.3 Å². The highest BCUT2D eigenvalue weighted by molar-refractivity contribution is 5.83. The summed E-state index contributed by atoms with van der Waals surface area (Å²) in [6.07, 6.45) is 0.963. The van der Waals surface area contributed by atoms with Gasteiger partial charge in [0.2, 0.25) is 5.91 Å². The zero-order chi connectivity index (χ0) is 13.6. The summed E-state index contributed by atoms with van der Waals surface area (Å²) in [7, 11) is 0. The Labute approximate surface area is 110 Å². The van der Waals surface area contributed by atoms with E-state index < -0.39 is 0 Å². The fourth-order valence-corrected chi connectivity index (χ4v) is 1.76. The minimum absolute atomic E-state index is 0.0213. The van der Waals surface area contributed by atoms with Crippen LogP contribution in [0.3, 0.4) is 0 Å². The van der Waals surface area contributed by atoms with Gasteiger partial charge in [-0.2, -0.15) is 0 Å². The largest absolute Gasteiger partial charge is 0.356 e. The minimum Gasteiger partial charge on any atom is -0.356 e. The van der Waals surface area contributed by atoms with Crippen molar-refractivity contribution < 1.29 is 4.79 Å². The lowest BCUT2D eigenvalue weighted by atomic mass is 9.92. The molecular formula is C15H24N2O. The van der Waals surface area contributed by atoms with E-state index in [2.05, 4.69) is 26.1 Å². The predicted octanol–water partition coefficient (Wildman–Crippen LogP) is 2.28. The van der Waals surface area contributed by atoms with Crippen LogP contribution in [0.5, 0.6) is 0 Å². The van der Waals surface area contributed by atoms with Gasteiger partial charge in [0.15, 0.2) is 0 Å². The van der Waals surface area contributed by atoms with Gasteiger partial charge in [0.25, 0.3) is 0 Å². The number of rotatable bonds is 5. The highest BCUT2D eigenvalue weighted by atomic mass is 16.1. The summed E-state index contributed by atoms with van der Waals surface area (Å²) in [6, 6.07) is 9.69. The summed E-state index contributed by atoms with van der Waals surface area (Å²) >= 11 is 0. The van der Waals surface area contributed by atoms with Crippen LogP contribution in [-0.2, 0) is 4.79 Å². The van der Waals surface area contributed by atoms with E-state index in [1.165, 1.54) is 0 Å². The molecule has 0 saturated carbocycles. The van der Waals surface area contributed by atoms with Crippen LogP contribution >= 0.6 is 0 Å².